The Kier molecular flexibility index (Phi) is 13.2. The molecule has 0 saturated heterocycles. The number of carbonyl (C=O) groups is 3. The van der Waals surface area contributed by atoms with E-state index in [9.17, 15) is 29.9 Å². The lowest BCUT2D eigenvalue weighted by atomic mass is 9.84. The third-order valence-corrected chi connectivity index (χ3v) is 8.67. The van der Waals surface area contributed by atoms with Crippen LogP contribution in [-0.4, -0.2) is 93.8 Å². The van der Waals surface area contributed by atoms with Crippen molar-refractivity contribution in [2.75, 3.05) is 26.2 Å². The van der Waals surface area contributed by atoms with Gasteiger partial charge >= 0.3 is 5.84 Å². The second kappa shape index (κ2) is 16.8. The maximum absolute atomic E-state index is 13.1. The fraction of sp³-hybridized carbons (Fsp3) is 0.485. The van der Waals surface area contributed by atoms with Gasteiger partial charge in [-0.15, -0.1) is 0 Å². The Balaban J connectivity index is 1.44. The van der Waals surface area contributed by atoms with Crippen LogP contribution in [0, 0.1) is 5.21 Å². The number of carbonyl (C=O) groups excluding carboxylic acids is 3. The van der Waals surface area contributed by atoms with E-state index >= 15 is 0 Å². The molecule has 1 heterocycles. The molecule has 1 aliphatic rings. The number of amidine groups is 1. The molecule has 3 rings (SSSR count). The predicted octanol–water partition coefficient (Wildman–Crippen LogP) is -0.0229. The normalized spacial score (nSPS) is 16.0. The van der Waals surface area contributed by atoms with Gasteiger partial charge in [0.2, 0.25) is 11.8 Å². The molecule has 0 unspecified atom stereocenters. The minimum Gasteiger partial charge on any atom is -0.714 e. The van der Waals surface area contributed by atoms with E-state index in [4.69, 9.17) is 21.9 Å². The molecule has 0 aromatic heterocycles. The Morgan fingerprint density at radius 2 is 1.61 bits per heavy atom. The van der Waals surface area contributed by atoms with Gasteiger partial charge in [-0.2, -0.15) is 0 Å². The molecule has 0 fully saturated rings. The van der Waals surface area contributed by atoms with Crippen LogP contribution in [0.2, 0.25) is 0 Å². The molecule has 0 aliphatic carbocycles. The van der Waals surface area contributed by atoms with Crippen LogP contribution in [0.15, 0.2) is 53.5 Å². The molecule has 16 nitrogen and oxygen atoms in total. The van der Waals surface area contributed by atoms with Crippen LogP contribution in [-0.2, 0) is 26.0 Å². The summed E-state index contributed by atoms with van der Waals surface area (Å²) in [4.78, 5) is 42.0. The predicted molar refractivity (Wildman–Crippen MR) is 183 cm³/mol. The van der Waals surface area contributed by atoms with Crippen molar-refractivity contribution in [3.8, 4) is 11.5 Å². The van der Waals surface area contributed by atoms with Crippen LogP contribution < -0.4 is 37.9 Å². The van der Waals surface area contributed by atoms with E-state index < -0.39 is 35.0 Å². The maximum Gasteiger partial charge on any atom is 0.316 e. The van der Waals surface area contributed by atoms with Crippen LogP contribution in [0.4, 0.5) is 0 Å². The first-order chi connectivity index (χ1) is 23.0. The number of ether oxygens (including phenoxy) is 1. The molecule has 3 amide bonds. The molecule has 2 atom stereocenters. The zero-order valence-electron chi connectivity index (χ0n) is 28.4. The van der Waals surface area contributed by atoms with E-state index in [-0.39, 0.29) is 49.6 Å². The number of amides is 3. The summed E-state index contributed by atoms with van der Waals surface area (Å²) in [5, 5.41) is 44.3. The number of phenols is 1. The van der Waals surface area contributed by atoms with E-state index in [1.54, 1.807) is 64.1 Å². The van der Waals surface area contributed by atoms with Gasteiger partial charge in [-0.3, -0.25) is 24.1 Å². The average Bonchev–Trinajstić information content (AvgIpc) is 3.17. The topological polar surface area (TPSA) is 256 Å². The van der Waals surface area contributed by atoms with E-state index in [1.165, 1.54) is 12.1 Å². The molecular formula is C33H48N9O7. The number of hydrogen-bond acceptors (Lipinski definition) is 9. The smallest absolute Gasteiger partial charge is 0.316 e. The zero-order chi connectivity index (χ0) is 36.4. The quantitative estimate of drug-likeness (QED) is 0.0386. The van der Waals surface area contributed by atoms with Gasteiger partial charge < -0.3 is 48.2 Å². The molecule has 2 aromatic rings. The summed E-state index contributed by atoms with van der Waals surface area (Å²) in [6.45, 7) is 7.40. The third kappa shape index (κ3) is 10.2. The van der Waals surface area contributed by atoms with Crippen molar-refractivity contribution in [1.29, 1.82) is 0 Å². The second-order valence-corrected chi connectivity index (χ2v) is 12.8. The number of hydrogen-bond donors (Lipinski definition) is 7. The Hall–Kier alpha value is -5.09. The second-order valence-electron chi connectivity index (χ2n) is 12.8. The van der Waals surface area contributed by atoms with E-state index in [1.807, 2.05) is 0 Å². The highest BCUT2D eigenvalue weighted by atomic mass is 16.5. The van der Waals surface area contributed by atoms with Crippen LogP contribution in [0.5, 0.6) is 11.5 Å². The Morgan fingerprint density at radius 3 is 2.20 bits per heavy atom. The van der Waals surface area contributed by atoms with Gasteiger partial charge in [0.15, 0.2) is 18.1 Å². The summed E-state index contributed by atoms with van der Waals surface area (Å²) in [7, 11) is 0. The van der Waals surface area contributed by atoms with Crippen molar-refractivity contribution in [3.63, 3.8) is 0 Å². The number of guanidine groups is 1. The van der Waals surface area contributed by atoms with Crippen molar-refractivity contribution in [2.24, 2.45) is 22.2 Å². The van der Waals surface area contributed by atoms with Crippen LogP contribution in [0.25, 0.3) is 0 Å². The molecule has 0 saturated carbocycles. The number of rotatable bonds is 17. The lowest BCUT2D eigenvalue weighted by Gasteiger charge is -2.32. The molecule has 2 aromatic carbocycles. The largest absolute Gasteiger partial charge is 0.714 e. The highest BCUT2D eigenvalue weighted by Gasteiger charge is 2.59. The van der Waals surface area contributed by atoms with Gasteiger partial charge in [-0.05, 0) is 88.9 Å². The van der Waals surface area contributed by atoms with Crippen molar-refractivity contribution in [3.05, 3.63) is 64.9 Å². The maximum atomic E-state index is 13.1. The SMILES string of the molecule is CC1(C)N([O])C(c2ccc(OCC(=O)NCCCNC(=O)[C@H](Cc3ccc(O)cc3)NC(=O)[C@@H](N)CCCN=C(N)N)cc2)=[N+]([O-])C1(C)C. The Labute approximate surface area is 285 Å². The first-order valence-corrected chi connectivity index (χ1v) is 16.0. The van der Waals surface area contributed by atoms with Crippen molar-refractivity contribution >= 4 is 29.5 Å². The fourth-order valence-corrected chi connectivity index (χ4v) is 4.90. The summed E-state index contributed by atoms with van der Waals surface area (Å²) < 4.78 is 6.28. The van der Waals surface area contributed by atoms with E-state index in [2.05, 4.69) is 20.9 Å². The molecule has 267 valence electrons. The zero-order valence-corrected chi connectivity index (χ0v) is 28.4. The van der Waals surface area contributed by atoms with Crippen molar-refractivity contribution in [1.82, 2.24) is 21.0 Å². The van der Waals surface area contributed by atoms with Crippen LogP contribution in [0.3, 0.4) is 0 Å². The van der Waals surface area contributed by atoms with Crippen molar-refractivity contribution in [2.45, 2.75) is 76.5 Å². The number of benzene rings is 2. The Bertz CT molecular complexity index is 1510. The molecule has 1 aliphatic heterocycles. The van der Waals surface area contributed by atoms with Gasteiger partial charge in [0.05, 0.1) is 11.6 Å². The summed E-state index contributed by atoms with van der Waals surface area (Å²) in [6, 6.07) is 10.8. The van der Waals surface area contributed by atoms with Gasteiger partial charge in [-0.1, -0.05) is 17.2 Å². The monoisotopic (exact) mass is 682 g/mol. The fourth-order valence-electron chi connectivity index (χ4n) is 4.90. The summed E-state index contributed by atoms with van der Waals surface area (Å²) >= 11 is 0. The molecule has 1 radical (unpaired) electrons. The molecule has 16 heteroatoms. The minimum absolute atomic E-state index is 0.0139. The molecule has 0 bridgehead atoms. The Morgan fingerprint density at radius 1 is 0.980 bits per heavy atom. The van der Waals surface area contributed by atoms with Crippen molar-refractivity contribution < 1.29 is 34.2 Å². The minimum atomic E-state index is -0.936. The average molecular weight is 683 g/mol. The number of nitrogens with two attached hydrogens (primary N) is 3. The number of aromatic hydroxyl groups is 1. The number of nitrogens with one attached hydrogen (secondary N) is 3. The summed E-state index contributed by atoms with van der Waals surface area (Å²) in [5.41, 5.74) is 15.9. The molecular weight excluding hydrogens is 634 g/mol. The number of hydroxylamine groups is 3. The van der Waals surface area contributed by atoms with Gasteiger partial charge in [0.1, 0.15) is 23.1 Å². The number of phenolic OH excluding ortho intramolecular Hbond substituents is 1. The van der Waals surface area contributed by atoms with E-state index in [0.717, 1.165) is 9.80 Å². The molecule has 0 spiro atoms. The number of nitrogens with zero attached hydrogens (tertiary/aromatic N) is 3. The lowest BCUT2D eigenvalue weighted by molar-refractivity contribution is -0.539. The summed E-state index contributed by atoms with van der Waals surface area (Å²) in [5.74, 6) is -0.905. The standard InChI is InChI=1S/C33H48N9O7/c1-32(2)33(3,4)42(48)30(41(32)47)22-10-14-24(15-11-22)49-20-27(44)37-17-6-18-38-29(46)26(19-21-8-12-23(43)13-9-21)40-28(45)25(34)7-5-16-39-31(35)36/h8-15,25-26,43H,5-7,16-20,34H2,1-4H3,(H,37,44)(H,38,46)(H,40,45)(H4,35,36,39)/t25-,26-/m0/s1. The van der Waals surface area contributed by atoms with Gasteiger partial charge in [0.25, 0.3) is 5.91 Å². The van der Waals surface area contributed by atoms with E-state index in [0.29, 0.717) is 42.7 Å². The summed E-state index contributed by atoms with van der Waals surface area (Å²) in [6.07, 6.45) is 1.35. The molecule has 49 heavy (non-hydrogen) atoms. The van der Waals surface area contributed by atoms with Crippen LogP contribution >= 0.6 is 0 Å². The van der Waals surface area contributed by atoms with Crippen LogP contribution in [0.1, 0.15) is 58.1 Å². The lowest BCUT2D eigenvalue weighted by Crippen LogP contribution is -2.53. The highest BCUT2D eigenvalue weighted by molar-refractivity contribution is 5.96. The molecule has 10 N–H and O–H groups in total. The van der Waals surface area contributed by atoms with Gasteiger partial charge in [-0.25, -0.2) is 0 Å². The van der Waals surface area contributed by atoms with Gasteiger partial charge in [0, 0.05) is 31.3 Å². The third-order valence-electron chi connectivity index (χ3n) is 8.67. The number of aliphatic imine (C=N–C) groups is 1. The highest BCUT2D eigenvalue weighted by Crippen LogP contribution is 2.37. The first kappa shape index (κ1) is 38.4. The first-order valence-electron chi connectivity index (χ1n) is 16.0.